The number of hydrogen-bond acceptors (Lipinski definition) is 8. The van der Waals surface area contributed by atoms with Gasteiger partial charge in [0.2, 0.25) is 0 Å². The number of anilines is 1. The summed E-state index contributed by atoms with van der Waals surface area (Å²) in [5, 5.41) is 6.91. The first-order chi connectivity index (χ1) is 19.7. The van der Waals surface area contributed by atoms with Crippen LogP contribution in [0.5, 0.6) is 5.75 Å². The molecule has 41 heavy (non-hydrogen) atoms. The molecule has 3 heterocycles. The largest absolute Gasteiger partial charge is 0.493 e. The maximum absolute atomic E-state index is 13.1. The molecule has 1 amide bonds. The fraction of sp³-hybridized carbons (Fsp3) is 0.594. The van der Waals surface area contributed by atoms with E-state index in [1.165, 1.54) is 11.1 Å². The predicted molar refractivity (Wildman–Crippen MR) is 159 cm³/mol. The van der Waals surface area contributed by atoms with Gasteiger partial charge >= 0.3 is 12.1 Å². The van der Waals surface area contributed by atoms with Gasteiger partial charge in [0.1, 0.15) is 17.2 Å². The summed E-state index contributed by atoms with van der Waals surface area (Å²) in [7, 11) is 0. The zero-order valence-corrected chi connectivity index (χ0v) is 25.1. The third-order valence-electron chi connectivity index (χ3n) is 7.26. The predicted octanol–water partition coefficient (Wildman–Crippen LogP) is 5.22. The highest BCUT2D eigenvalue weighted by Gasteiger charge is 2.23. The molecule has 0 unspecified atom stereocenters. The number of amides is 1. The Morgan fingerprint density at radius 3 is 2.73 bits per heavy atom. The van der Waals surface area contributed by atoms with Gasteiger partial charge in [-0.2, -0.15) is 0 Å². The third-order valence-corrected chi connectivity index (χ3v) is 7.26. The molecule has 0 fully saturated rings. The quantitative estimate of drug-likeness (QED) is 0.251. The fourth-order valence-electron chi connectivity index (χ4n) is 5.22. The summed E-state index contributed by atoms with van der Waals surface area (Å²) in [5.41, 5.74) is 3.92. The highest BCUT2D eigenvalue weighted by atomic mass is 16.6. The zero-order chi connectivity index (χ0) is 29.2. The Hall–Kier alpha value is -3.33. The number of ether oxygens (including phenoxy) is 3. The highest BCUT2D eigenvalue weighted by Crippen LogP contribution is 2.30. The van der Waals surface area contributed by atoms with Crippen LogP contribution in [0.25, 0.3) is 0 Å². The molecule has 1 aromatic heterocycles. The van der Waals surface area contributed by atoms with Crippen molar-refractivity contribution in [2.24, 2.45) is 0 Å². The van der Waals surface area contributed by atoms with Crippen LogP contribution in [0.3, 0.4) is 0 Å². The minimum Gasteiger partial charge on any atom is -0.493 e. The molecular weight excluding hydrogens is 520 g/mol. The number of fused-ring (bicyclic) bond motifs is 2. The summed E-state index contributed by atoms with van der Waals surface area (Å²) in [4.78, 5) is 32.0. The van der Waals surface area contributed by atoms with Gasteiger partial charge in [-0.15, -0.1) is 0 Å². The molecule has 0 bridgehead atoms. The number of rotatable bonds is 13. The average Bonchev–Trinajstić information content (AvgIpc) is 3.41. The number of pyridine rings is 1. The Balaban J connectivity index is 1.33. The first-order valence-corrected chi connectivity index (χ1v) is 15.1. The second kappa shape index (κ2) is 14.5. The van der Waals surface area contributed by atoms with Crippen molar-refractivity contribution in [1.29, 1.82) is 0 Å². The molecule has 0 radical (unpaired) electrons. The van der Waals surface area contributed by atoms with Crippen molar-refractivity contribution in [3.8, 4) is 5.75 Å². The number of hydrogen-bond donors (Lipinski definition) is 2. The van der Waals surface area contributed by atoms with Crippen molar-refractivity contribution in [1.82, 2.24) is 15.2 Å². The second-order valence-electron chi connectivity index (χ2n) is 11.7. The topological polar surface area (TPSA) is 102 Å². The molecule has 4 rings (SSSR count). The van der Waals surface area contributed by atoms with E-state index in [1.54, 1.807) is 4.90 Å². The maximum Gasteiger partial charge on any atom is 0.410 e. The van der Waals surface area contributed by atoms with Gasteiger partial charge in [0.25, 0.3) is 0 Å². The van der Waals surface area contributed by atoms with Gasteiger partial charge in [-0.25, -0.2) is 9.78 Å². The SMILES string of the molecule is CCOC(=O)C[C@H](NCCCN(CCCc1ccc2c(n1)NCCC2)C(=O)OC(C)(C)C)c1ccc2c(c1)OCC2. The van der Waals surface area contributed by atoms with Crippen LogP contribution in [0, 0.1) is 0 Å². The molecule has 224 valence electrons. The van der Waals surface area contributed by atoms with Gasteiger partial charge in [0.15, 0.2) is 0 Å². The van der Waals surface area contributed by atoms with Gasteiger partial charge in [-0.3, -0.25) is 4.79 Å². The number of nitrogens with zero attached hydrogens (tertiary/aromatic N) is 2. The van der Waals surface area contributed by atoms with Crippen LogP contribution in [0.4, 0.5) is 10.6 Å². The van der Waals surface area contributed by atoms with E-state index in [0.717, 1.165) is 61.5 Å². The van der Waals surface area contributed by atoms with Gasteiger partial charge in [0, 0.05) is 37.8 Å². The van der Waals surface area contributed by atoms with Crippen LogP contribution in [-0.4, -0.2) is 66.9 Å². The highest BCUT2D eigenvalue weighted by molar-refractivity contribution is 5.70. The molecular formula is C32H46N4O5. The lowest BCUT2D eigenvalue weighted by Gasteiger charge is -2.28. The molecule has 2 N–H and O–H groups in total. The number of esters is 1. The average molecular weight is 567 g/mol. The summed E-state index contributed by atoms with van der Waals surface area (Å²) >= 11 is 0. The van der Waals surface area contributed by atoms with Crippen LogP contribution in [-0.2, 0) is 33.5 Å². The number of carbonyl (C=O) groups excluding carboxylic acids is 2. The Kier molecular flexibility index (Phi) is 10.9. The van der Waals surface area contributed by atoms with E-state index >= 15 is 0 Å². The van der Waals surface area contributed by atoms with E-state index < -0.39 is 5.60 Å². The fourth-order valence-corrected chi connectivity index (χ4v) is 5.22. The number of benzene rings is 1. The summed E-state index contributed by atoms with van der Waals surface area (Å²) in [6.45, 7) is 11.2. The van der Waals surface area contributed by atoms with Crippen molar-refractivity contribution in [3.05, 3.63) is 52.7 Å². The number of aromatic nitrogens is 1. The Bertz CT molecular complexity index is 1180. The zero-order valence-electron chi connectivity index (χ0n) is 25.1. The number of aryl methyl sites for hydroxylation is 2. The van der Waals surface area contributed by atoms with E-state index in [-0.39, 0.29) is 24.5 Å². The standard InChI is InChI=1S/C32H46N4O5/c1-5-39-29(37)22-27(25-12-11-23-15-20-40-28(23)21-25)33-17-8-19-36(31(38)41-32(2,3)4)18-7-10-26-14-13-24-9-6-16-34-30(24)35-26/h11-14,21,27,33H,5-10,15-20,22H2,1-4H3,(H,34,35)/t27-/m0/s1. The molecule has 2 aliphatic rings. The molecule has 0 saturated carbocycles. The smallest absolute Gasteiger partial charge is 0.410 e. The summed E-state index contributed by atoms with van der Waals surface area (Å²) in [6.07, 6.45) is 5.32. The normalized spacial score (nSPS) is 14.7. The van der Waals surface area contributed by atoms with Gasteiger partial charge in [-0.1, -0.05) is 18.2 Å². The van der Waals surface area contributed by atoms with Crippen molar-refractivity contribution < 1.29 is 23.8 Å². The minimum absolute atomic E-state index is 0.206. The van der Waals surface area contributed by atoms with E-state index in [4.69, 9.17) is 19.2 Å². The molecule has 1 aromatic carbocycles. The van der Waals surface area contributed by atoms with Gasteiger partial charge < -0.3 is 29.7 Å². The molecule has 2 aromatic rings. The van der Waals surface area contributed by atoms with Crippen LogP contribution >= 0.6 is 0 Å². The minimum atomic E-state index is -0.570. The lowest BCUT2D eigenvalue weighted by atomic mass is 10.0. The Morgan fingerprint density at radius 2 is 1.93 bits per heavy atom. The first-order valence-electron chi connectivity index (χ1n) is 15.1. The summed E-state index contributed by atoms with van der Waals surface area (Å²) in [5.74, 6) is 1.64. The summed E-state index contributed by atoms with van der Waals surface area (Å²) in [6, 6.07) is 10.2. The Morgan fingerprint density at radius 1 is 1.12 bits per heavy atom. The Labute approximate surface area is 244 Å². The van der Waals surface area contributed by atoms with Crippen LogP contribution in [0.2, 0.25) is 0 Å². The van der Waals surface area contributed by atoms with E-state index in [1.807, 2.05) is 33.8 Å². The molecule has 0 aliphatic carbocycles. The lowest BCUT2D eigenvalue weighted by molar-refractivity contribution is -0.143. The number of carbonyl (C=O) groups is 2. The van der Waals surface area contributed by atoms with Gasteiger partial charge in [0.05, 0.1) is 19.6 Å². The van der Waals surface area contributed by atoms with Crippen molar-refractivity contribution in [2.45, 2.75) is 84.3 Å². The molecule has 9 heteroatoms. The van der Waals surface area contributed by atoms with E-state index in [0.29, 0.717) is 39.3 Å². The third kappa shape index (κ3) is 9.35. The van der Waals surface area contributed by atoms with Crippen LogP contribution in [0.1, 0.15) is 81.8 Å². The second-order valence-corrected chi connectivity index (χ2v) is 11.7. The monoisotopic (exact) mass is 566 g/mol. The molecule has 9 nitrogen and oxygen atoms in total. The summed E-state index contributed by atoms with van der Waals surface area (Å²) < 4.78 is 16.7. The van der Waals surface area contributed by atoms with Gasteiger partial charge in [-0.05, 0) is 95.2 Å². The van der Waals surface area contributed by atoms with Crippen molar-refractivity contribution in [2.75, 3.05) is 44.7 Å². The number of nitrogens with one attached hydrogen (secondary N) is 2. The first kappa shape index (κ1) is 30.6. The van der Waals surface area contributed by atoms with E-state index in [2.05, 4.69) is 34.9 Å². The lowest BCUT2D eigenvalue weighted by Crippen LogP contribution is -2.39. The van der Waals surface area contributed by atoms with E-state index in [9.17, 15) is 9.59 Å². The molecule has 1 atom stereocenters. The van der Waals surface area contributed by atoms with Crippen molar-refractivity contribution >= 4 is 17.9 Å². The van der Waals surface area contributed by atoms with Crippen molar-refractivity contribution in [3.63, 3.8) is 0 Å². The maximum atomic E-state index is 13.1. The molecule has 0 spiro atoms. The van der Waals surface area contributed by atoms with Crippen LogP contribution in [0.15, 0.2) is 30.3 Å². The molecule has 0 saturated heterocycles. The molecule has 2 aliphatic heterocycles. The van der Waals surface area contributed by atoms with Crippen LogP contribution < -0.4 is 15.4 Å².